The highest BCUT2D eigenvalue weighted by Crippen LogP contribution is 2.22. The molecule has 1 N–H and O–H groups in total. The minimum absolute atomic E-state index is 0.399. The van der Waals surface area contributed by atoms with Crippen LogP contribution >= 0.6 is 0 Å². The average Bonchev–Trinajstić information content (AvgIpc) is 3.09. The number of likely N-dealkylation sites (tertiary alicyclic amines) is 1. The molecule has 1 saturated carbocycles. The van der Waals surface area contributed by atoms with Crippen LogP contribution in [-0.2, 0) is 16.4 Å². The van der Waals surface area contributed by atoms with E-state index in [0.717, 1.165) is 25.7 Å². The van der Waals surface area contributed by atoms with E-state index >= 15 is 0 Å². The molecule has 0 amide bonds. The summed E-state index contributed by atoms with van der Waals surface area (Å²) < 4.78 is 22.8. The van der Waals surface area contributed by atoms with Crippen molar-refractivity contribution in [3.8, 4) is 0 Å². The summed E-state index contributed by atoms with van der Waals surface area (Å²) in [7, 11) is -3.09. The van der Waals surface area contributed by atoms with Crippen LogP contribution in [0.25, 0.3) is 0 Å². The van der Waals surface area contributed by atoms with E-state index in [1.54, 1.807) is 12.1 Å². The van der Waals surface area contributed by atoms with Gasteiger partial charge in [0.25, 0.3) is 0 Å². The molecule has 20 heavy (non-hydrogen) atoms. The third-order valence-corrected chi connectivity index (χ3v) is 5.21. The average molecular weight is 294 g/mol. The van der Waals surface area contributed by atoms with Gasteiger partial charge in [0.15, 0.2) is 9.84 Å². The van der Waals surface area contributed by atoms with Gasteiger partial charge >= 0.3 is 0 Å². The first-order valence-corrected chi connectivity index (χ1v) is 9.17. The highest BCUT2D eigenvalue weighted by Gasteiger charge is 2.28. The van der Waals surface area contributed by atoms with Gasteiger partial charge in [-0.05, 0) is 37.0 Å². The Balaban J connectivity index is 1.55. The van der Waals surface area contributed by atoms with E-state index < -0.39 is 9.84 Å². The fourth-order valence-electron chi connectivity index (χ4n) is 2.80. The van der Waals surface area contributed by atoms with Crippen LogP contribution in [0.5, 0.6) is 0 Å². The van der Waals surface area contributed by atoms with E-state index in [-0.39, 0.29) is 0 Å². The Morgan fingerprint density at radius 2 is 1.85 bits per heavy atom. The molecule has 1 atom stereocenters. The fraction of sp³-hybridized carbons (Fsp3) is 0.600. The summed E-state index contributed by atoms with van der Waals surface area (Å²) in [6.07, 6.45) is 5.14. The first kappa shape index (κ1) is 14.0. The molecule has 5 heteroatoms. The standard InChI is InChI=1S/C15H22N2O2S/c1-20(18,19)15-6-2-12(3-7-15)10-17-9-8-14(11-17)16-13-4-5-13/h2-3,6-7,13-14,16H,4-5,8-11H2,1H3. The summed E-state index contributed by atoms with van der Waals surface area (Å²) in [6, 6.07) is 8.68. The van der Waals surface area contributed by atoms with Crippen molar-refractivity contribution < 1.29 is 8.42 Å². The molecule has 3 rings (SSSR count). The van der Waals surface area contributed by atoms with Crippen molar-refractivity contribution in [1.29, 1.82) is 0 Å². The van der Waals surface area contributed by atoms with Crippen molar-refractivity contribution >= 4 is 9.84 Å². The van der Waals surface area contributed by atoms with E-state index in [2.05, 4.69) is 10.2 Å². The molecular formula is C15H22N2O2S. The third kappa shape index (κ3) is 3.59. The lowest BCUT2D eigenvalue weighted by atomic mass is 10.2. The molecule has 1 unspecified atom stereocenters. The zero-order chi connectivity index (χ0) is 14.2. The molecule has 1 aliphatic heterocycles. The molecule has 1 aromatic rings. The number of hydrogen-bond donors (Lipinski definition) is 1. The maximum atomic E-state index is 11.4. The smallest absolute Gasteiger partial charge is 0.175 e. The SMILES string of the molecule is CS(=O)(=O)c1ccc(CN2CCC(NC3CC3)C2)cc1. The number of benzene rings is 1. The summed E-state index contributed by atoms with van der Waals surface area (Å²) in [6.45, 7) is 3.13. The first-order valence-electron chi connectivity index (χ1n) is 7.28. The summed E-state index contributed by atoms with van der Waals surface area (Å²) in [4.78, 5) is 2.84. The minimum atomic E-state index is -3.09. The van der Waals surface area contributed by atoms with Crippen LogP contribution < -0.4 is 5.32 Å². The van der Waals surface area contributed by atoms with Crippen LogP contribution in [0.3, 0.4) is 0 Å². The van der Waals surface area contributed by atoms with Crippen molar-refractivity contribution in [2.24, 2.45) is 0 Å². The number of sulfone groups is 1. The Morgan fingerprint density at radius 1 is 1.15 bits per heavy atom. The summed E-state index contributed by atoms with van der Waals surface area (Å²) in [5.74, 6) is 0. The minimum Gasteiger partial charge on any atom is -0.310 e. The molecule has 1 aromatic carbocycles. The number of rotatable bonds is 5. The van der Waals surface area contributed by atoms with Gasteiger partial charge in [0, 0.05) is 38.0 Å². The lowest BCUT2D eigenvalue weighted by Crippen LogP contribution is -2.33. The number of nitrogens with zero attached hydrogens (tertiary/aromatic N) is 1. The monoisotopic (exact) mass is 294 g/mol. The summed E-state index contributed by atoms with van der Waals surface area (Å²) in [5.41, 5.74) is 1.18. The molecule has 110 valence electrons. The maximum absolute atomic E-state index is 11.4. The maximum Gasteiger partial charge on any atom is 0.175 e. The van der Waals surface area contributed by atoms with E-state index in [1.807, 2.05) is 12.1 Å². The molecule has 0 aromatic heterocycles. The molecule has 0 bridgehead atoms. The van der Waals surface area contributed by atoms with Gasteiger partial charge in [-0.3, -0.25) is 4.90 Å². The van der Waals surface area contributed by atoms with Crippen molar-refractivity contribution in [3.63, 3.8) is 0 Å². The Morgan fingerprint density at radius 3 is 2.45 bits per heavy atom. The van der Waals surface area contributed by atoms with Crippen LogP contribution in [0, 0.1) is 0 Å². The second-order valence-electron chi connectivity index (χ2n) is 6.08. The van der Waals surface area contributed by atoms with Crippen molar-refractivity contribution in [2.45, 2.75) is 42.8 Å². The summed E-state index contributed by atoms with van der Waals surface area (Å²) in [5, 5.41) is 3.68. The zero-order valence-electron chi connectivity index (χ0n) is 11.9. The predicted molar refractivity (Wildman–Crippen MR) is 79.4 cm³/mol. The van der Waals surface area contributed by atoms with Crippen LogP contribution in [0.15, 0.2) is 29.2 Å². The lowest BCUT2D eigenvalue weighted by Gasteiger charge is -2.16. The van der Waals surface area contributed by atoms with Crippen LogP contribution in [0.4, 0.5) is 0 Å². The second-order valence-corrected chi connectivity index (χ2v) is 8.09. The summed E-state index contributed by atoms with van der Waals surface area (Å²) >= 11 is 0. The normalized spacial score (nSPS) is 24.1. The first-order chi connectivity index (χ1) is 9.50. The topological polar surface area (TPSA) is 49.4 Å². The molecule has 0 spiro atoms. The number of hydrogen-bond acceptors (Lipinski definition) is 4. The third-order valence-electron chi connectivity index (χ3n) is 4.08. The van der Waals surface area contributed by atoms with E-state index in [0.29, 0.717) is 10.9 Å². The van der Waals surface area contributed by atoms with E-state index in [1.165, 1.54) is 31.1 Å². The highest BCUT2D eigenvalue weighted by molar-refractivity contribution is 7.90. The van der Waals surface area contributed by atoms with Crippen molar-refractivity contribution in [3.05, 3.63) is 29.8 Å². The van der Waals surface area contributed by atoms with Gasteiger partial charge in [0.2, 0.25) is 0 Å². The van der Waals surface area contributed by atoms with E-state index in [9.17, 15) is 8.42 Å². The van der Waals surface area contributed by atoms with Gasteiger partial charge < -0.3 is 5.32 Å². The Labute approximate surface area is 121 Å². The molecule has 2 aliphatic rings. The molecular weight excluding hydrogens is 272 g/mol. The van der Waals surface area contributed by atoms with Crippen molar-refractivity contribution in [1.82, 2.24) is 10.2 Å². The van der Waals surface area contributed by atoms with Gasteiger partial charge in [-0.2, -0.15) is 0 Å². The molecule has 1 heterocycles. The number of nitrogens with one attached hydrogen (secondary N) is 1. The fourth-order valence-corrected chi connectivity index (χ4v) is 3.43. The highest BCUT2D eigenvalue weighted by atomic mass is 32.2. The van der Waals surface area contributed by atoms with Crippen LogP contribution in [-0.4, -0.2) is 44.7 Å². The molecule has 4 nitrogen and oxygen atoms in total. The molecule has 1 saturated heterocycles. The molecule has 2 fully saturated rings. The van der Waals surface area contributed by atoms with Gasteiger partial charge in [-0.1, -0.05) is 12.1 Å². The largest absolute Gasteiger partial charge is 0.310 e. The van der Waals surface area contributed by atoms with Gasteiger partial charge in [-0.25, -0.2) is 8.42 Å². The zero-order valence-corrected chi connectivity index (χ0v) is 12.7. The van der Waals surface area contributed by atoms with E-state index in [4.69, 9.17) is 0 Å². The quantitative estimate of drug-likeness (QED) is 0.892. The Hall–Kier alpha value is -0.910. The van der Waals surface area contributed by atoms with Crippen molar-refractivity contribution in [2.75, 3.05) is 19.3 Å². The molecule has 0 radical (unpaired) electrons. The molecule has 1 aliphatic carbocycles. The Kier molecular flexibility index (Phi) is 3.84. The van der Waals surface area contributed by atoms with Crippen LogP contribution in [0.2, 0.25) is 0 Å². The van der Waals surface area contributed by atoms with Gasteiger partial charge in [-0.15, -0.1) is 0 Å². The van der Waals surface area contributed by atoms with Gasteiger partial charge in [0.1, 0.15) is 0 Å². The predicted octanol–water partition coefficient (Wildman–Crippen LogP) is 1.42. The lowest BCUT2D eigenvalue weighted by molar-refractivity contribution is 0.319. The van der Waals surface area contributed by atoms with Gasteiger partial charge in [0.05, 0.1) is 4.90 Å². The second kappa shape index (κ2) is 5.47. The Bertz CT molecular complexity index is 564. The van der Waals surface area contributed by atoms with Crippen LogP contribution in [0.1, 0.15) is 24.8 Å².